The summed E-state index contributed by atoms with van der Waals surface area (Å²) < 4.78 is 24.8. The van der Waals surface area contributed by atoms with Crippen LogP contribution in [0.4, 0.5) is 8.78 Å². The second-order valence-electron chi connectivity index (χ2n) is 4.20. The van der Waals surface area contributed by atoms with Crippen molar-refractivity contribution in [3.63, 3.8) is 0 Å². The van der Waals surface area contributed by atoms with Crippen LogP contribution in [-0.4, -0.2) is 22.1 Å². The van der Waals surface area contributed by atoms with Crippen molar-refractivity contribution in [2.24, 2.45) is 0 Å². The number of carbonyl (C=O) groups is 2. The van der Waals surface area contributed by atoms with Crippen molar-refractivity contribution in [1.82, 2.24) is 0 Å². The first-order chi connectivity index (χ1) is 9.31. The van der Waals surface area contributed by atoms with Crippen molar-refractivity contribution in [2.75, 3.05) is 0 Å². The molecule has 0 aromatic heterocycles. The molecule has 1 unspecified atom stereocenters. The molecule has 6 heteroatoms. The Balaban J connectivity index is 2.25. The second kappa shape index (κ2) is 5.46. The number of alkyl halides is 3. The Kier molecular flexibility index (Phi) is 4.06. The number of hydrogen-bond donors (Lipinski definition) is 0. The summed E-state index contributed by atoms with van der Waals surface area (Å²) in [6.07, 6.45) is 1.33. The fraction of sp³-hybridized carbons (Fsp3) is 0.143. The zero-order valence-corrected chi connectivity index (χ0v) is 11.5. The Morgan fingerprint density at radius 3 is 2.50 bits per heavy atom. The Labute approximate surface area is 123 Å². The van der Waals surface area contributed by atoms with E-state index in [2.05, 4.69) is 0 Å². The Hall–Kier alpha value is -1.52. The van der Waals surface area contributed by atoms with Gasteiger partial charge in [0.1, 0.15) is 5.82 Å². The van der Waals surface area contributed by atoms with Crippen molar-refractivity contribution >= 4 is 34.8 Å². The molecule has 0 bridgehead atoms. The Morgan fingerprint density at radius 1 is 1.20 bits per heavy atom. The molecule has 104 valence electrons. The molecule has 1 aliphatic carbocycles. The van der Waals surface area contributed by atoms with E-state index in [4.69, 9.17) is 23.2 Å². The lowest BCUT2D eigenvalue weighted by atomic mass is 9.96. The topological polar surface area (TPSA) is 34.1 Å². The average molecular weight is 317 g/mol. The van der Waals surface area contributed by atoms with Gasteiger partial charge in [-0.2, -0.15) is 0 Å². The maximum atomic E-state index is 13.6. The van der Waals surface area contributed by atoms with Gasteiger partial charge in [-0.15, -0.1) is 0 Å². The van der Waals surface area contributed by atoms with Crippen LogP contribution in [0.25, 0.3) is 0 Å². The molecular weight excluding hydrogens is 309 g/mol. The Morgan fingerprint density at radius 2 is 1.90 bits per heavy atom. The van der Waals surface area contributed by atoms with Crippen molar-refractivity contribution < 1.29 is 18.4 Å². The molecule has 0 radical (unpaired) electrons. The monoisotopic (exact) mass is 316 g/mol. The number of hydrogen-bond acceptors (Lipinski definition) is 2. The average Bonchev–Trinajstić information content (AvgIpc) is 2.40. The van der Waals surface area contributed by atoms with Gasteiger partial charge in [-0.05, 0) is 24.3 Å². The number of rotatable bonds is 3. The number of carbonyl (C=O) groups excluding carboxylic acids is 2. The van der Waals surface area contributed by atoms with Gasteiger partial charge in [0.25, 0.3) is 0 Å². The first-order valence-corrected chi connectivity index (χ1v) is 6.34. The minimum absolute atomic E-state index is 0.103. The predicted octanol–water partition coefficient (Wildman–Crippen LogP) is 3.59. The summed E-state index contributed by atoms with van der Waals surface area (Å²) in [6, 6.07) is 4.69. The molecule has 0 aliphatic heterocycles. The van der Waals surface area contributed by atoms with Crippen LogP contribution in [0, 0.1) is 5.82 Å². The number of ketones is 2. The molecule has 0 N–H and O–H groups in total. The van der Waals surface area contributed by atoms with E-state index in [0.717, 1.165) is 24.3 Å². The van der Waals surface area contributed by atoms with Crippen LogP contribution in [0.5, 0.6) is 0 Å². The maximum Gasteiger partial charge on any atom is 0.233 e. The van der Waals surface area contributed by atoms with Crippen LogP contribution in [0.3, 0.4) is 0 Å². The van der Waals surface area contributed by atoms with E-state index < -0.39 is 27.9 Å². The molecule has 1 atom stereocenters. The molecule has 0 amide bonds. The summed E-state index contributed by atoms with van der Waals surface area (Å²) in [5.74, 6) is -2.51. The zero-order chi connectivity index (χ0) is 14.9. The molecule has 0 saturated carbocycles. The largest absolute Gasteiger partial charge is 0.285 e. The molecule has 1 aromatic rings. The fourth-order valence-electron chi connectivity index (χ4n) is 1.66. The summed E-state index contributed by atoms with van der Waals surface area (Å²) in [5, 5.41) is 0. The van der Waals surface area contributed by atoms with Gasteiger partial charge in [0.05, 0.1) is 0 Å². The van der Waals surface area contributed by atoms with Gasteiger partial charge in [-0.3, -0.25) is 9.59 Å². The molecule has 1 aliphatic rings. The number of halogens is 4. The van der Waals surface area contributed by atoms with Gasteiger partial charge < -0.3 is 0 Å². The molecule has 1 aromatic carbocycles. The molecule has 0 fully saturated rings. The van der Waals surface area contributed by atoms with Gasteiger partial charge in [0.15, 0.2) is 10.5 Å². The van der Waals surface area contributed by atoms with Crippen molar-refractivity contribution in [2.45, 2.75) is 10.5 Å². The summed E-state index contributed by atoms with van der Waals surface area (Å²) in [6.45, 7) is 0. The lowest BCUT2D eigenvalue weighted by Crippen LogP contribution is -2.28. The van der Waals surface area contributed by atoms with Gasteiger partial charge in [-0.1, -0.05) is 41.4 Å². The highest BCUT2D eigenvalue weighted by Gasteiger charge is 2.35. The molecule has 0 spiro atoms. The fourth-order valence-corrected chi connectivity index (χ4v) is 1.91. The molecule has 0 heterocycles. The standard InChI is InChI=1S/C14H8Cl2F2O2/c15-14(16)5-4-9(7-11(14)18)13(20)12(19)8-2-1-3-10(17)6-8/h1-7,11H. The lowest BCUT2D eigenvalue weighted by Gasteiger charge is -2.21. The van der Waals surface area contributed by atoms with Crippen molar-refractivity contribution in [3.05, 3.63) is 59.4 Å². The highest BCUT2D eigenvalue weighted by Crippen LogP contribution is 2.34. The molecule has 2 rings (SSSR count). The van der Waals surface area contributed by atoms with E-state index in [1.54, 1.807) is 0 Å². The first-order valence-electron chi connectivity index (χ1n) is 5.59. The number of benzene rings is 1. The highest BCUT2D eigenvalue weighted by molar-refractivity contribution is 6.52. The summed E-state index contributed by atoms with van der Waals surface area (Å²) in [4.78, 5) is 23.8. The third-order valence-electron chi connectivity index (χ3n) is 2.73. The van der Waals surface area contributed by atoms with E-state index in [9.17, 15) is 18.4 Å². The second-order valence-corrected chi connectivity index (χ2v) is 5.64. The van der Waals surface area contributed by atoms with Crippen LogP contribution >= 0.6 is 23.2 Å². The maximum absolute atomic E-state index is 13.6. The van der Waals surface area contributed by atoms with E-state index >= 15 is 0 Å². The molecule has 2 nitrogen and oxygen atoms in total. The molecule has 20 heavy (non-hydrogen) atoms. The van der Waals surface area contributed by atoms with E-state index in [1.807, 2.05) is 0 Å². The SMILES string of the molecule is O=C(C(=O)c1cccc(F)c1)C1=CC(F)C(Cl)(Cl)C=C1. The number of Topliss-reactive ketones (excluding diaryl/α,β-unsaturated/α-hetero) is 2. The minimum Gasteiger partial charge on any atom is -0.285 e. The summed E-state index contributed by atoms with van der Waals surface area (Å²) in [5.41, 5.74) is -0.267. The van der Waals surface area contributed by atoms with Crippen LogP contribution in [0.1, 0.15) is 10.4 Å². The van der Waals surface area contributed by atoms with Crippen molar-refractivity contribution in [1.29, 1.82) is 0 Å². The van der Waals surface area contributed by atoms with Crippen LogP contribution in [0.2, 0.25) is 0 Å². The molecular formula is C14H8Cl2F2O2. The van der Waals surface area contributed by atoms with Gasteiger partial charge in [-0.25, -0.2) is 8.78 Å². The first kappa shape index (κ1) is 14.9. The molecule has 0 saturated heterocycles. The van der Waals surface area contributed by atoms with Crippen molar-refractivity contribution in [3.8, 4) is 0 Å². The van der Waals surface area contributed by atoms with Crippen LogP contribution < -0.4 is 0 Å². The van der Waals surface area contributed by atoms with E-state index in [0.29, 0.717) is 0 Å². The minimum atomic E-state index is -1.81. The van der Waals surface area contributed by atoms with Crippen LogP contribution in [0.15, 0.2) is 48.1 Å². The normalized spacial score (nSPS) is 20.4. The predicted molar refractivity (Wildman–Crippen MR) is 72.3 cm³/mol. The summed E-state index contributed by atoms with van der Waals surface area (Å²) >= 11 is 11.2. The van der Waals surface area contributed by atoms with Gasteiger partial charge >= 0.3 is 0 Å². The third-order valence-corrected chi connectivity index (χ3v) is 3.40. The van der Waals surface area contributed by atoms with Gasteiger partial charge in [0.2, 0.25) is 11.6 Å². The smallest absolute Gasteiger partial charge is 0.233 e. The summed E-state index contributed by atoms with van der Waals surface area (Å²) in [7, 11) is 0. The van der Waals surface area contributed by atoms with E-state index in [1.165, 1.54) is 18.2 Å². The van der Waals surface area contributed by atoms with Crippen LogP contribution in [-0.2, 0) is 4.79 Å². The lowest BCUT2D eigenvalue weighted by molar-refractivity contribution is -0.111. The van der Waals surface area contributed by atoms with E-state index in [-0.39, 0.29) is 11.1 Å². The quantitative estimate of drug-likeness (QED) is 0.485. The number of allylic oxidation sites excluding steroid dienone is 4. The zero-order valence-electron chi connectivity index (χ0n) is 9.95. The Bertz CT molecular complexity index is 636. The highest BCUT2D eigenvalue weighted by atomic mass is 35.5. The van der Waals surface area contributed by atoms with Gasteiger partial charge in [0, 0.05) is 11.1 Å². The third kappa shape index (κ3) is 2.97.